The lowest BCUT2D eigenvalue weighted by molar-refractivity contribution is -0.137. The fourth-order valence-corrected chi connectivity index (χ4v) is 1.52. The highest BCUT2D eigenvalue weighted by atomic mass is 35.7. The van der Waals surface area contributed by atoms with Crippen molar-refractivity contribution in [1.82, 2.24) is 0 Å². The molecule has 88 valence electrons. The Labute approximate surface area is 94.8 Å². The summed E-state index contributed by atoms with van der Waals surface area (Å²) < 4.78 is 58.5. The zero-order chi connectivity index (χ0) is 12.4. The van der Waals surface area contributed by atoms with Gasteiger partial charge < -0.3 is 0 Å². The van der Waals surface area contributed by atoms with Crippen molar-refractivity contribution in [1.29, 1.82) is 0 Å². The summed E-state index contributed by atoms with van der Waals surface area (Å²) in [5.74, 6) is 0. The summed E-state index contributed by atoms with van der Waals surface area (Å²) in [7, 11) is 0.894. The van der Waals surface area contributed by atoms with E-state index in [0.29, 0.717) is 5.41 Å². The zero-order valence-corrected chi connectivity index (χ0v) is 9.27. The van der Waals surface area contributed by atoms with Crippen LogP contribution < -0.4 is 0 Å². The molecule has 0 aliphatic rings. The average molecular weight is 271 g/mol. The van der Waals surface area contributed by atoms with E-state index in [2.05, 4.69) is 0 Å². The molecule has 0 aromatic heterocycles. The number of hydrogen-bond donors (Lipinski definition) is 0. The smallest absolute Gasteiger partial charge is 0.208 e. The molecule has 0 heterocycles. The molecule has 1 rings (SSSR count). The minimum Gasteiger partial charge on any atom is -0.208 e. The Hall–Kier alpha value is -1.01. The predicted molar refractivity (Wildman–Crippen MR) is 55.3 cm³/mol. The van der Waals surface area contributed by atoms with Gasteiger partial charge in [-0.25, -0.2) is 8.42 Å². The van der Waals surface area contributed by atoms with Crippen LogP contribution in [0.4, 0.5) is 13.2 Å². The van der Waals surface area contributed by atoms with Gasteiger partial charge in [0, 0.05) is 16.1 Å². The lowest BCUT2D eigenvalue weighted by Crippen LogP contribution is -2.06. The molecular weight excluding hydrogens is 265 g/mol. The largest absolute Gasteiger partial charge is 0.416 e. The lowest BCUT2D eigenvalue weighted by Gasteiger charge is -2.09. The van der Waals surface area contributed by atoms with Gasteiger partial charge in [-0.1, -0.05) is 18.2 Å². The van der Waals surface area contributed by atoms with E-state index in [4.69, 9.17) is 10.7 Å². The number of hydrogen-bond acceptors (Lipinski definition) is 2. The number of halogens is 4. The first-order valence-corrected chi connectivity index (χ1v) is 6.36. The molecule has 0 spiro atoms. The van der Waals surface area contributed by atoms with Crippen LogP contribution in [0.2, 0.25) is 0 Å². The van der Waals surface area contributed by atoms with Crippen LogP contribution in [0.1, 0.15) is 11.1 Å². The van der Waals surface area contributed by atoms with Crippen molar-refractivity contribution in [3.63, 3.8) is 0 Å². The van der Waals surface area contributed by atoms with Crippen LogP contribution >= 0.6 is 10.7 Å². The predicted octanol–water partition coefficient (Wildman–Crippen LogP) is 3.24. The van der Waals surface area contributed by atoms with E-state index in [1.54, 1.807) is 0 Å². The third kappa shape index (κ3) is 3.86. The minimum atomic E-state index is -4.53. The van der Waals surface area contributed by atoms with Crippen LogP contribution in [0.25, 0.3) is 6.08 Å². The van der Waals surface area contributed by atoms with Gasteiger partial charge in [0.1, 0.15) is 0 Å². The Morgan fingerprint density at radius 3 is 2.25 bits per heavy atom. The van der Waals surface area contributed by atoms with Crippen molar-refractivity contribution in [3.05, 3.63) is 40.8 Å². The van der Waals surface area contributed by atoms with E-state index in [9.17, 15) is 21.6 Å². The summed E-state index contributed by atoms with van der Waals surface area (Å²) in [6, 6.07) is 4.60. The maximum Gasteiger partial charge on any atom is 0.416 e. The van der Waals surface area contributed by atoms with E-state index in [1.807, 2.05) is 0 Å². The molecule has 0 aliphatic carbocycles. The van der Waals surface area contributed by atoms with E-state index in [0.717, 1.165) is 18.2 Å². The van der Waals surface area contributed by atoms with Gasteiger partial charge >= 0.3 is 6.18 Å². The number of alkyl halides is 3. The summed E-state index contributed by atoms with van der Waals surface area (Å²) >= 11 is 0. The molecule has 0 aliphatic heterocycles. The monoisotopic (exact) mass is 270 g/mol. The van der Waals surface area contributed by atoms with Gasteiger partial charge in [0.15, 0.2) is 0 Å². The summed E-state index contributed by atoms with van der Waals surface area (Å²) in [5.41, 5.74) is -1.16. The van der Waals surface area contributed by atoms with E-state index >= 15 is 0 Å². The first kappa shape index (κ1) is 13.1. The minimum absolute atomic E-state index is 0.251. The van der Waals surface area contributed by atoms with Gasteiger partial charge in [0.25, 0.3) is 9.05 Å². The third-order valence-corrected chi connectivity index (χ3v) is 2.45. The molecule has 0 bridgehead atoms. The standard InChI is InChI=1S/C9H6ClF3O2S/c10-16(14,15)6-5-7-3-1-2-4-8(7)9(11,12)13/h1-6H/b6-5-. The molecule has 0 amide bonds. The first-order valence-electron chi connectivity index (χ1n) is 3.99. The second-order valence-corrected chi connectivity index (χ2v) is 5.38. The highest BCUT2D eigenvalue weighted by Gasteiger charge is 2.32. The van der Waals surface area contributed by atoms with Gasteiger partial charge in [0.2, 0.25) is 0 Å². The topological polar surface area (TPSA) is 34.1 Å². The second-order valence-electron chi connectivity index (χ2n) is 2.86. The zero-order valence-electron chi connectivity index (χ0n) is 7.70. The molecule has 1 aromatic rings. The molecule has 0 saturated carbocycles. The SMILES string of the molecule is O=S(=O)(Cl)/C=C\c1ccccc1C(F)(F)F. The fourth-order valence-electron chi connectivity index (χ4n) is 1.06. The first-order chi connectivity index (χ1) is 7.20. The maximum atomic E-state index is 12.5. The van der Waals surface area contributed by atoms with Gasteiger partial charge in [-0.05, 0) is 17.7 Å². The van der Waals surface area contributed by atoms with Crippen molar-refractivity contribution in [3.8, 4) is 0 Å². The van der Waals surface area contributed by atoms with Crippen LogP contribution in [0.3, 0.4) is 0 Å². The quantitative estimate of drug-likeness (QED) is 0.773. The van der Waals surface area contributed by atoms with Crippen LogP contribution in [-0.2, 0) is 15.2 Å². The van der Waals surface area contributed by atoms with Crippen molar-refractivity contribution in [2.24, 2.45) is 0 Å². The van der Waals surface area contributed by atoms with Gasteiger partial charge in [-0.15, -0.1) is 0 Å². The van der Waals surface area contributed by atoms with Crippen LogP contribution in [0.5, 0.6) is 0 Å². The summed E-state index contributed by atoms with van der Waals surface area (Å²) in [4.78, 5) is 0. The molecular formula is C9H6ClF3O2S. The van der Waals surface area contributed by atoms with E-state index in [-0.39, 0.29) is 5.56 Å². The maximum absolute atomic E-state index is 12.5. The van der Waals surface area contributed by atoms with Gasteiger partial charge in [-0.3, -0.25) is 0 Å². The Morgan fingerprint density at radius 1 is 1.19 bits per heavy atom. The van der Waals surface area contributed by atoms with E-state index < -0.39 is 20.8 Å². The summed E-state index contributed by atoms with van der Waals surface area (Å²) in [5, 5.41) is 0.513. The van der Waals surface area contributed by atoms with Crippen molar-refractivity contribution < 1.29 is 21.6 Å². The highest BCUT2D eigenvalue weighted by molar-refractivity contribution is 8.16. The Bertz CT molecular complexity index is 506. The number of benzene rings is 1. The summed E-state index contributed by atoms with van der Waals surface area (Å²) in [6.45, 7) is 0. The van der Waals surface area contributed by atoms with Crippen LogP contribution in [-0.4, -0.2) is 8.42 Å². The lowest BCUT2D eigenvalue weighted by atomic mass is 10.1. The van der Waals surface area contributed by atoms with Crippen LogP contribution in [0.15, 0.2) is 29.7 Å². The molecule has 7 heteroatoms. The van der Waals surface area contributed by atoms with E-state index in [1.165, 1.54) is 12.1 Å². The number of rotatable bonds is 2. The third-order valence-electron chi connectivity index (χ3n) is 1.68. The second kappa shape index (κ2) is 4.47. The van der Waals surface area contributed by atoms with Crippen molar-refractivity contribution >= 4 is 25.8 Å². The molecule has 0 radical (unpaired) electrons. The molecule has 0 fully saturated rings. The molecule has 0 atom stereocenters. The normalized spacial score (nSPS) is 13.2. The van der Waals surface area contributed by atoms with Crippen LogP contribution in [0, 0.1) is 0 Å². The molecule has 16 heavy (non-hydrogen) atoms. The molecule has 2 nitrogen and oxygen atoms in total. The Morgan fingerprint density at radius 2 is 1.75 bits per heavy atom. The Balaban J connectivity index is 3.21. The Kier molecular flexibility index (Phi) is 3.64. The molecule has 0 saturated heterocycles. The summed E-state index contributed by atoms with van der Waals surface area (Å²) in [6.07, 6.45) is -3.72. The van der Waals surface area contributed by atoms with Crippen molar-refractivity contribution in [2.45, 2.75) is 6.18 Å². The average Bonchev–Trinajstić information content (AvgIpc) is 2.12. The fraction of sp³-hybridized carbons (Fsp3) is 0.111. The highest BCUT2D eigenvalue weighted by Crippen LogP contribution is 2.32. The molecule has 0 N–H and O–H groups in total. The van der Waals surface area contributed by atoms with Crippen molar-refractivity contribution in [2.75, 3.05) is 0 Å². The molecule has 1 aromatic carbocycles. The van der Waals surface area contributed by atoms with Gasteiger partial charge in [-0.2, -0.15) is 13.2 Å². The molecule has 0 unspecified atom stereocenters. The van der Waals surface area contributed by atoms with Gasteiger partial charge in [0.05, 0.1) is 5.56 Å².